The zero-order valence-electron chi connectivity index (χ0n) is 16.0. The van der Waals surface area contributed by atoms with Crippen LogP contribution in [0.4, 0.5) is 5.69 Å². The number of furan rings is 1. The van der Waals surface area contributed by atoms with E-state index in [4.69, 9.17) is 9.15 Å². The van der Waals surface area contributed by atoms with Gasteiger partial charge in [0.1, 0.15) is 0 Å². The van der Waals surface area contributed by atoms with Gasteiger partial charge in [0.05, 0.1) is 11.8 Å². The average Bonchev–Trinajstić information content (AvgIpc) is 3.27. The third-order valence-electron chi connectivity index (χ3n) is 4.12. The first-order valence-corrected chi connectivity index (χ1v) is 8.87. The van der Waals surface area contributed by atoms with Crippen LogP contribution in [0.25, 0.3) is 0 Å². The number of rotatable bonds is 6. The number of ether oxygens (including phenoxy) is 1. The van der Waals surface area contributed by atoms with Crippen molar-refractivity contribution in [3.05, 3.63) is 89.9 Å². The van der Waals surface area contributed by atoms with Crippen molar-refractivity contribution in [1.29, 1.82) is 0 Å². The monoisotopic (exact) mass is 392 g/mol. The molecule has 0 aliphatic heterocycles. The lowest BCUT2D eigenvalue weighted by Crippen LogP contribution is -2.31. The van der Waals surface area contributed by atoms with Crippen molar-refractivity contribution < 1.29 is 23.5 Å². The average molecular weight is 392 g/mol. The summed E-state index contributed by atoms with van der Waals surface area (Å²) in [6.45, 7) is 0. The van der Waals surface area contributed by atoms with Crippen molar-refractivity contribution in [2.75, 3.05) is 19.4 Å². The largest absolute Gasteiger partial charge is 0.459 e. The van der Waals surface area contributed by atoms with Crippen LogP contribution < -0.4 is 5.32 Å². The maximum Gasteiger partial charge on any atom is 0.339 e. The summed E-state index contributed by atoms with van der Waals surface area (Å²) in [6, 6.07) is 18.2. The van der Waals surface area contributed by atoms with Crippen LogP contribution in [0.1, 0.15) is 32.6 Å². The van der Waals surface area contributed by atoms with Gasteiger partial charge in [-0.2, -0.15) is 0 Å². The molecule has 0 radical (unpaired) electrons. The summed E-state index contributed by atoms with van der Waals surface area (Å²) in [4.78, 5) is 38.4. The zero-order valence-corrected chi connectivity index (χ0v) is 16.0. The van der Waals surface area contributed by atoms with E-state index in [1.165, 1.54) is 23.3 Å². The van der Waals surface area contributed by atoms with Crippen LogP contribution in [0.5, 0.6) is 0 Å². The number of esters is 1. The molecule has 0 bridgehead atoms. The Balaban J connectivity index is 1.71. The SMILES string of the molecule is CN(C)C(=O)[C@H](OC(=O)c1ccc(NC(=O)c2ccco2)cc1)c1ccccc1. The highest BCUT2D eigenvalue weighted by Gasteiger charge is 2.27. The predicted octanol–water partition coefficient (Wildman–Crippen LogP) is 3.52. The van der Waals surface area contributed by atoms with E-state index in [0.717, 1.165) is 0 Å². The molecule has 0 saturated heterocycles. The van der Waals surface area contributed by atoms with E-state index in [1.54, 1.807) is 62.6 Å². The zero-order chi connectivity index (χ0) is 20.8. The fourth-order valence-corrected chi connectivity index (χ4v) is 2.59. The molecule has 1 heterocycles. The maximum atomic E-state index is 12.6. The fourth-order valence-electron chi connectivity index (χ4n) is 2.59. The Morgan fingerprint density at radius 1 is 0.931 bits per heavy atom. The molecule has 29 heavy (non-hydrogen) atoms. The molecule has 0 unspecified atom stereocenters. The van der Waals surface area contributed by atoms with Crippen molar-refractivity contribution in [3.8, 4) is 0 Å². The Morgan fingerprint density at radius 2 is 1.62 bits per heavy atom. The number of hydrogen-bond acceptors (Lipinski definition) is 5. The summed E-state index contributed by atoms with van der Waals surface area (Å²) in [7, 11) is 3.20. The standard InChI is InChI=1S/C22H20N2O5/c1-24(2)21(26)19(15-7-4-3-5-8-15)29-22(27)16-10-12-17(13-11-16)23-20(25)18-9-6-14-28-18/h3-14,19H,1-2H3,(H,23,25)/t19-/m1/s1. The summed E-state index contributed by atoms with van der Waals surface area (Å²) in [6.07, 6.45) is 0.365. The number of likely N-dealkylation sites (N-methyl/N-ethyl adjacent to an activating group) is 1. The van der Waals surface area contributed by atoms with Crippen molar-refractivity contribution in [2.24, 2.45) is 0 Å². The maximum absolute atomic E-state index is 12.6. The van der Waals surface area contributed by atoms with Crippen molar-refractivity contribution in [2.45, 2.75) is 6.10 Å². The lowest BCUT2D eigenvalue weighted by molar-refractivity contribution is -0.138. The molecule has 1 N–H and O–H groups in total. The molecular formula is C22H20N2O5. The highest BCUT2D eigenvalue weighted by atomic mass is 16.5. The summed E-state index contributed by atoms with van der Waals surface area (Å²) in [5.41, 5.74) is 1.34. The third-order valence-corrected chi connectivity index (χ3v) is 4.12. The second-order valence-corrected chi connectivity index (χ2v) is 6.44. The van der Waals surface area contributed by atoms with Crippen molar-refractivity contribution >= 4 is 23.5 Å². The number of carbonyl (C=O) groups excluding carboxylic acids is 3. The predicted molar refractivity (Wildman–Crippen MR) is 106 cm³/mol. The van der Waals surface area contributed by atoms with Gasteiger partial charge in [-0.15, -0.1) is 0 Å². The lowest BCUT2D eigenvalue weighted by atomic mass is 10.1. The summed E-state index contributed by atoms with van der Waals surface area (Å²) < 4.78 is 10.5. The third kappa shape index (κ3) is 4.90. The molecule has 7 heteroatoms. The molecule has 1 aromatic heterocycles. The summed E-state index contributed by atoms with van der Waals surface area (Å²) >= 11 is 0. The number of hydrogen-bond donors (Lipinski definition) is 1. The second kappa shape index (κ2) is 8.88. The first kappa shape index (κ1) is 19.9. The summed E-state index contributed by atoms with van der Waals surface area (Å²) in [5, 5.41) is 2.66. The minimum atomic E-state index is -1.04. The van der Waals surface area contributed by atoms with E-state index < -0.39 is 18.0 Å². The molecule has 148 valence electrons. The van der Waals surface area contributed by atoms with Gasteiger partial charge in [-0.3, -0.25) is 9.59 Å². The minimum absolute atomic E-state index is 0.182. The van der Waals surface area contributed by atoms with Crippen molar-refractivity contribution in [3.63, 3.8) is 0 Å². The van der Waals surface area contributed by atoms with E-state index in [0.29, 0.717) is 11.3 Å². The van der Waals surface area contributed by atoms with Crippen LogP contribution in [0, 0.1) is 0 Å². The molecule has 1 atom stereocenters. The second-order valence-electron chi connectivity index (χ2n) is 6.44. The summed E-state index contributed by atoms with van der Waals surface area (Å²) in [5.74, 6) is -1.20. The highest BCUT2D eigenvalue weighted by molar-refractivity contribution is 6.02. The first-order valence-electron chi connectivity index (χ1n) is 8.87. The molecule has 3 rings (SSSR count). The van der Waals surface area contributed by atoms with Crippen LogP contribution in [-0.2, 0) is 9.53 Å². The molecular weight excluding hydrogens is 372 g/mol. The molecule has 0 spiro atoms. The van der Waals surface area contributed by atoms with E-state index in [2.05, 4.69) is 5.32 Å². The Morgan fingerprint density at radius 3 is 2.21 bits per heavy atom. The molecule has 2 aromatic carbocycles. The van der Waals surface area contributed by atoms with Gasteiger partial charge in [-0.1, -0.05) is 30.3 Å². The highest BCUT2D eigenvalue weighted by Crippen LogP contribution is 2.22. The number of amides is 2. The number of anilines is 1. The number of carbonyl (C=O) groups is 3. The smallest absolute Gasteiger partial charge is 0.339 e. The molecule has 0 saturated carbocycles. The quantitative estimate of drug-likeness (QED) is 0.649. The van der Waals surface area contributed by atoms with E-state index in [1.807, 2.05) is 6.07 Å². The minimum Gasteiger partial charge on any atom is -0.459 e. The van der Waals surface area contributed by atoms with Crippen LogP contribution in [0.15, 0.2) is 77.4 Å². The van der Waals surface area contributed by atoms with Gasteiger partial charge in [-0.25, -0.2) is 4.79 Å². The van der Waals surface area contributed by atoms with Gasteiger partial charge in [0.2, 0.25) is 6.10 Å². The van der Waals surface area contributed by atoms with E-state index in [9.17, 15) is 14.4 Å². The van der Waals surface area contributed by atoms with Gasteiger partial charge in [-0.05, 0) is 36.4 Å². The normalized spacial score (nSPS) is 11.4. The van der Waals surface area contributed by atoms with Gasteiger partial charge in [0, 0.05) is 25.3 Å². The molecule has 3 aromatic rings. The van der Waals surface area contributed by atoms with E-state index >= 15 is 0 Å². The number of nitrogens with one attached hydrogen (secondary N) is 1. The number of nitrogens with zero attached hydrogens (tertiary/aromatic N) is 1. The molecule has 0 fully saturated rings. The topological polar surface area (TPSA) is 88.9 Å². The van der Waals surface area contributed by atoms with Gasteiger partial charge in [0.15, 0.2) is 5.76 Å². The van der Waals surface area contributed by atoms with Crippen LogP contribution in [0.2, 0.25) is 0 Å². The lowest BCUT2D eigenvalue weighted by Gasteiger charge is -2.21. The molecule has 0 aliphatic rings. The number of benzene rings is 2. The first-order chi connectivity index (χ1) is 14.0. The van der Waals surface area contributed by atoms with Gasteiger partial charge in [0.25, 0.3) is 11.8 Å². The Bertz CT molecular complexity index is 980. The van der Waals surface area contributed by atoms with Crippen LogP contribution in [-0.4, -0.2) is 36.8 Å². The molecule has 0 aliphatic carbocycles. The van der Waals surface area contributed by atoms with Crippen LogP contribution >= 0.6 is 0 Å². The van der Waals surface area contributed by atoms with Gasteiger partial charge < -0.3 is 19.4 Å². The van der Waals surface area contributed by atoms with Crippen molar-refractivity contribution in [1.82, 2.24) is 4.90 Å². The molecule has 2 amide bonds. The fraction of sp³-hybridized carbons (Fsp3) is 0.136. The Labute approximate surface area is 167 Å². The van der Waals surface area contributed by atoms with E-state index in [-0.39, 0.29) is 17.2 Å². The Kier molecular flexibility index (Phi) is 6.09. The van der Waals surface area contributed by atoms with Crippen LogP contribution in [0.3, 0.4) is 0 Å². The van der Waals surface area contributed by atoms with Gasteiger partial charge >= 0.3 is 5.97 Å². The Hall–Kier alpha value is -3.87. The molecule has 7 nitrogen and oxygen atoms in total.